The van der Waals surface area contributed by atoms with E-state index in [0.29, 0.717) is 15.8 Å². The second-order valence-corrected chi connectivity index (χ2v) is 4.27. The SMILES string of the molecule is Cn1ncc2cnc3[nH]c(Br)c(C#N)c3c21. The summed E-state index contributed by atoms with van der Waals surface area (Å²) < 4.78 is 2.41. The molecule has 0 saturated heterocycles. The molecule has 78 valence electrons. The molecule has 0 saturated carbocycles. The Balaban J connectivity index is 2.68. The van der Waals surface area contributed by atoms with Crippen LogP contribution in [0.15, 0.2) is 17.0 Å². The molecule has 0 aliphatic carbocycles. The third-order valence-corrected chi connectivity index (χ3v) is 3.18. The molecule has 6 heteroatoms. The van der Waals surface area contributed by atoms with E-state index in [4.69, 9.17) is 5.26 Å². The van der Waals surface area contributed by atoms with Crippen LogP contribution in [0.3, 0.4) is 0 Å². The fourth-order valence-corrected chi connectivity index (χ4v) is 2.35. The van der Waals surface area contributed by atoms with Crippen LogP contribution in [0.5, 0.6) is 0 Å². The molecule has 0 unspecified atom stereocenters. The zero-order valence-corrected chi connectivity index (χ0v) is 9.91. The summed E-state index contributed by atoms with van der Waals surface area (Å²) in [6.45, 7) is 0. The number of aryl methyl sites for hydroxylation is 1. The Bertz CT molecular complexity index is 746. The zero-order chi connectivity index (χ0) is 11.3. The lowest BCUT2D eigenvalue weighted by Gasteiger charge is -1.96. The summed E-state index contributed by atoms with van der Waals surface area (Å²) in [5.41, 5.74) is 2.18. The van der Waals surface area contributed by atoms with Gasteiger partial charge >= 0.3 is 0 Å². The third-order valence-electron chi connectivity index (χ3n) is 2.58. The lowest BCUT2D eigenvalue weighted by Crippen LogP contribution is -1.90. The lowest BCUT2D eigenvalue weighted by molar-refractivity contribution is 0.799. The third kappa shape index (κ3) is 1.03. The number of rotatable bonds is 0. The van der Waals surface area contributed by atoms with E-state index < -0.39 is 0 Å². The molecule has 0 spiro atoms. The summed E-state index contributed by atoms with van der Waals surface area (Å²) in [5, 5.41) is 15.0. The van der Waals surface area contributed by atoms with Gasteiger partial charge in [-0.1, -0.05) is 0 Å². The molecule has 3 rings (SSSR count). The summed E-state index contributed by atoms with van der Waals surface area (Å²) in [4.78, 5) is 7.29. The number of hydrogen-bond acceptors (Lipinski definition) is 3. The molecular formula is C10H6BrN5. The fourth-order valence-electron chi connectivity index (χ4n) is 1.88. The van der Waals surface area contributed by atoms with E-state index in [1.54, 1.807) is 17.1 Å². The van der Waals surface area contributed by atoms with Gasteiger partial charge in [-0.15, -0.1) is 0 Å². The van der Waals surface area contributed by atoms with Crippen molar-refractivity contribution in [1.82, 2.24) is 19.7 Å². The largest absolute Gasteiger partial charge is 0.333 e. The molecule has 0 aromatic carbocycles. The van der Waals surface area contributed by atoms with Crippen molar-refractivity contribution in [1.29, 1.82) is 5.26 Å². The van der Waals surface area contributed by atoms with Crippen molar-refractivity contribution in [2.75, 3.05) is 0 Å². The van der Waals surface area contributed by atoms with Gasteiger partial charge in [-0.2, -0.15) is 10.4 Å². The van der Waals surface area contributed by atoms with Gasteiger partial charge in [0.25, 0.3) is 0 Å². The molecule has 0 atom stereocenters. The first-order valence-corrected chi connectivity index (χ1v) is 5.39. The topological polar surface area (TPSA) is 70.3 Å². The first-order valence-electron chi connectivity index (χ1n) is 4.60. The number of H-pyrrole nitrogens is 1. The summed E-state index contributed by atoms with van der Waals surface area (Å²) in [5.74, 6) is 0. The molecule has 0 radical (unpaired) electrons. The van der Waals surface area contributed by atoms with Crippen molar-refractivity contribution in [2.45, 2.75) is 0 Å². The molecule has 0 aliphatic heterocycles. The van der Waals surface area contributed by atoms with E-state index in [9.17, 15) is 0 Å². The average Bonchev–Trinajstić information content (AvgIpc) is 2.78. The minimum absolute atomic E-state index is 0.566. The van der Waals surface area contributed by atoms with Gasteiger partial charge in [0.2, 0.25) is 0 Å². The summed E-state index contributed by atoms with van der Waals surface area (Å²) >= 11 is 3.32. The normalized spacial score (nSPS) is 11.1. The molecule has 0 bridgehead atoms. The Morgan fingerprint density at radius 1 is 1.50 bits per heavy atom. The number of fused-ring (bicyclic) bond motifs is 3. The first-order chi connectivity index (χ1) is 7.72. The van der Waals surface area contributed by atoms with Gasteiger partial charge in [0.15, 0.2) is 0 Å². The van der Waals surface area contributed by atoms with Crippen molar-refractivity contribution in [3.05, 3.63) is 22.6 Å². The molecule has 0 fully saturated rings. The van der Waals surface area contributed by atoms with Gasteiger partial charge in [0.1, 0.15) is 16.3 Å². The van der Waals surface area contributed by atoms with Crippen LogP contribution in [-0.4, -0.2) is 19.7 Å². The highest BCUT2D eigenvalue weighted by molar-refractivity contribution is 9.10. The number of hydrogen-bond donors (Lipinski definition) is 1. The molecule has 0 amide bonds. The van der Waals surface area contributed by atoms with E-state index in [1.165, 1.54) is 0 Å². The Kier molecular flexibility index (Phi) is 1.79. The molecule has 5 nitrogen and oxygen atoms in total. The maximum atomic E-state index is 9.14. The van der Waals surface area contributed by atoms with Gasteiger partial charge in [-0.25, -0.2) is 4.98 Å². The highest BCUT2D eigenvalue weighted by Gasteiger charge is 2.15. The van der Waals surface area contributed by atoms with Crippen molar-refractivity contribution >= 4 is 37.9 Å². The smallest absolute Gasteiger partial charge is 0.141 e. The Hall–Kier alpha value is -1.87. The molecule has 3 aromatic rings. The van der Waals surface area contributed by atoms with Crippen LogP contribution in [0.2, 0.25) is 0 Å². The van der Waals surface area contributed by atoms with Crippen LogP contribution in [0.25, 0.3) is 21.9 Å². The van der Waals surface area contributed by atoms with Crippen LogP contribution in [0.1, 0.15) is 5.56 Å². The predicted molar refractivity (Wildman–Crippen MR) is 62.8 cm³/mol. The van der Waals surface area contributed by atoms with E-state index in [1.807, 2.05) is 7.05 Å². The van der Waals surface area contributed by atoms with Crippen molar-refractivity contribution in [3.63, 3.8) is 0 Å². The second-order valence-electron chi connectivity index (χ2n) is 3.48. The number of halogens is 1. The highest BCUT2D eigenvalue weighted by atomic mass is 79.9. The fraction of sp³-hybridized carbons (Fsp3) is 0.100. The van der Waals surface area contributed by atoms with Crippen molar-refractivity contribution in [3.8, 4) is 6.07 Å². The van der Waals surface area contributed by atoms with Gasteiger partial charge < -0.3 is 4.98 Å². The van der Waals surface area contributed by atoms with Gasteiger partial charge in [-0.3, -0.25) is 4.68 Å². The molecule has 16 heavy (non-hydrogen) atoms. The quantitative estimate of drug-likeness (QED) is 0.683. The maximum absolute atomic E-state index is 9.14. The molecule has 1 N–H and O–H groups in total. The van der Waals surface area contributed by atoms with Gasteiger partial charge in [0.05, 0.1) is 22.7 Å². The van der Waals surface area contributed by atoms with Gasteiger partial charge in [-0.05, 0) is 15.9 Å². The molecule has 0 aliphatic rings. The number of pyridine rings is 1. The minimum Gasteiger partial charge on any atom is -0.333 e. The standard InChI is InChI=1S/C10H6BrN5/c1-16-8-5(4-14-16)3-13-10-7(8)6(2-12)9(11)15-10/h3-4H,1H3,(H,13,15). The summed E-state index contributed by atoms with van der Waals surface area (Å²) in [6, 6.07) is 2.17. The van der Waals surface area contributed by atoms with E-state index in [-0.39, 0.29) is 0 Å². The maximum Gasteiger partial charge on any atom is 0.141 e. The second kappa shape index (κ2) is 3.06. The predicted octanol–water partition coefficient (Wildman–Crippen LogP) is 2.08. The lowest BCUT2D eigenvalue weighted by atomic mass is 10.2. The number of nitrogens with one attached hydrogen (secondary N) is 1. The molecular weight excluding hydrogens is 270 g/mol. The monoisotopic (exact) mass is 275 g/mol. The minimum atomic E-state index is 0.566. The Morgan fingerprint density at radius 2 is 2.31 bits per heavy atom. The number of aromatic amines is 1. The number of nitriles is 1. The van der Waals surface area contributed by atoms with E-state index >= 15 is 0 Å². The van der Waals surface area contributed by atoms with Crippen LogP contribution in [-0.2, 0) is 7.05 Å². The van der Waals surface area contributed by atoms with Crippen molar-refractivity contribution < 1.29 is 0 Å². The number of nitrogens with zero attached hydrogens (tertiary/aromatic N) is 4. The zero-order valence-electron chi connectivity index (χ0n) is 8.32. The molecule has 3 heterocycles. The van der Waals surface area contributed by atoms with Crippen molar-refractivity contribution in [2.24, 2.45) is 7.05 Å². The summed E-state index contributed by atoms with van der Waals surface area (Å²) in [7, 11) is 1.85. The van der Waals surface area contributed by atoms with Gasteiger partial charge in [0, 0.05) is 18.6 Å². The average molecular weight is 276 g/mol. The first kappa shape index (κ1) is 9.36. The van der Waals surface area contributed by atoms with Crippen LogP contribution in [0.4, 0.5) is 0 Å². The Labute approximate surface area is 98.8 Å². The van der Waals surface area contributed by atoms with Crippen LogP contribution in [0, 0.1) is 11.3 Å². The molecule has 3 aromatic heterocycles. The summed E-state index contributed by atoms with van der Waals surface area (Å²) in [6.07, 6.45) is 3.48. The highest BCUT2D eigenvalue weighted by Crippen LogP contribution is 2.30. The Morgan fingerprint density at radius 3 is 3.06 bits per heavy atom. The van der Waals surface area contributed by atoms with E-state index in [0.717, 1.165) is 16.3 Å². The van der Waals surface area contributed by atoms with E-state index in [2.05, 4.69) is 37.1 Å². The van der Waals surface area contributed by atoms with Crippen LogP contribution < -0.4 is 0 Å². The number of aromatic nitrogens is 4. The van der Waals surface area contributed by atoms with Crippen LogP contribution >= 0.6 is 15.9 Å².